The largest absolute Gasteiger partial charge is 0.384 e. The van der Waals surface area contributed by atoms with E-state index in [2.05, 4.69) is 0 Å². The third-order valence-electron chi connectivity index (χ3n) is 1.97. The molecule has 0 N–H and O–H groups in total. The molecule has 1 aromatic rings. The van der Waals surface area contributed by atoms with E-state index in [0.29, 0.717) is 5.75 Å². The lowest BCUT2D eigenvalue weighted by Crippen LogP contribution is -2.27. The first-order valence-electron chi connectivity index (χ1n) is 4.52. The predicted octanol–water partition coefficient (Wildman–Crippen LogP) is 1.49. The van der Waals surface area contributed by atoms with Crippen molar-refractivity contribution >= 4 is 10.3 Å². The van der Waals surface area contributed by atoms with Crippen LogP contribution in [0.1, 0.15) is 11.1 Å². The van der Waals surface area contributed by atoms with Gasteiger partial charge in [0.15, 0.2) is 0 Å². The number of hydrogen-bond donors (Lipinski definition) is 0. The lowest BCUT2D eigenvalue weighted by atomic mass is 10.1. The summed E-state index contributed by atoms with van der Waals surface area (Å²) in [6, 6.07) is 5.35. The van der Waals surface area contributed by atoms with Crippen molar-refractivity contribution < 1.29 is 12.6 Å². The molecule has 1 rings (SSSR count). The second-order valence-corrected chi connectivity index (χ2v) is 5.34. The van der Waals surface area contributed by atoms with E-state index in [1.54, 1.807) is 6.07 Å². The van der Waals surface area contributed by atoms with Gasteiger partial charge in [-0.3, -0.25) is 0 Å². The van der Waals surface area contributed by atoms with E-state index < -0.39 is 10.3 Å². The third kappa shape index (κ3) is 2.94. The first-order chi connectivity index (χ1) is 6.83. The van der Waals surface area contributed by atoms with E-state index in [1.165, 1.54) is 14.1 Å². The molecule has 84 valence electrons. The van der Waals surface area contributed by atoms with Gasteiger partial charge in [0.25, 0.3) is 0 Å². The SMILES string of the molecule is Cc1ccc(OS(=O)(=O)N(C)C)c(C)c1. The van der Waals surface area contributed by atoms with E-state index in [4.69, 9.17) is 4.18 Å². The third-order valence-corrected chi connectivity index (χ3v) is 3.26. The Morgan fingerprint density at radius 2 is 1.80 bits per heavy atom. The van der Waals surface area contributed by atoms with Gasteiger partial charge in [-0.2, -0.15) is 12.7 Å². The van der Waals surface area contributed by atoms with Gasteiger partial charge in [0.2, 0.25) is 0 Å². The van der Waals surface area contributed by atoms with Crippen molar-refractivity contribution in [3.8, 4) is 5.75 Å². The van der Waals surface area contributed by atoms with Gasteiger partial charge in [0.05, 0.1) is 0 Å². The van der Waals surface area contributed by atoms with Crippen LogP contribution in [0.15, 0.2) is 18.2 Å². The Bertz CT molecular complexity index is 452. The molecule has 0 heterocycles. The molecule has 0 aromatic heterocycles. The monoisotopic (exact) mass is 229 g/mol. The average Bonchev–Trinajstić information content (AvgIpc) is 2.09. The van der Waals surface area contributed by atoms with E-state index in [0.717, 1.165) is 15.4 Å². The van der Waals surface area contributed by atoms with Gasteiger partial charge in [0.1, 0.15) is 5.75 Å². The van der Waals surface area contributed by atoms with Gasteiger partial charge in [-0.1, -0.05) is 17.7 Å². The number of rotatable bonds is 3. The Balaban J connectivity index is 3.01. The molecule has 5 heteroatoms. The summed E-state index contributed by atoms with van der Waals surface area (Å²) in [5.41, 5.74) is 1.88. The molecule has 0 aliphatic rings. The summed E-state index contributed by atoms with van der Waals surface area (Å²) in [4.78, 5) is 0. The highest BCUT2D eigenvalue weighted by molar-refractivity contribution is 7.84. The van der Waals surface area contributed by atoms with Crippen LogP contribution < -0.4 is 4.18 Å². The highest BCUT2D eigenvalue weighted by Crippen LogP contribution is 2.20. The molecule has 0 saturated heterocycles. The summed E-state index contributed by atoms with van der Waals surface area (Å²) in [6.07, 6.45) is 0. The molecule has 15 heavy (non-hydrogen) atoms. The van der Waals surface area contributed by atoms with E-state index >= 15 is 0 Å². The topological polar surface area (TPSA) is 46.6 Å². The van der Waals surface area contributed by atoms with Crippen molar-refractivity contribution in [1.29, 1.82) is 0 Å². The van der Waals surface area contributed by atoms with Crippen molar-refractivity contribution in [3.05, 3.63) is 29.3 Å². The molecule has 0 atom stereocenters. The molecule has 0 spiro atoms. The van der Waals surface area contributed by atoms with Crippen LogP contribution in [0.2, 0.25) is 0 Å². The van der Waals surface area contributed by atoms with Crippen LogP contribution in [0.4, 0.5) is 0 Å². The zero-order valence-electron chi connectivity index (χ0n) is 9.31. The minimum atomic E-state index is -3.65. The van der Waals surface area contributed by atoms with Gasteiger partial charge in [-0.15, -0.1) is 0 Å². The summed E-state index contributed by atoms with van der Waals surface area (Å²) in [5.74, 6) is 0.370. The summed E-state index contributed by atoms with van der Waals surface area (Å²) in [7, 11) is -0.794. The summed E-state index contributed by atoms with van der Waals surface area (Å²) >= 11 is 0. The van der Waals surface area contributed by atoms with Crippen LogP contribution in [0, 0.1) is 13.8 Å². The Labute approximate surface area is 90.7 Å². The van der Waals surface area contributed by atoms with Crippen LogP contribution in [-0.4, -0.2) is 26.8 Å². The van der Waals surface area contributed by atoms with Crippen molar-refractivity contribution in [2.24, 2.45) is 0 Å². The minimum absolute atomic E-state index is 0.370. The Morgan fingerprint density at radius 1 is 1.20 bits per heavy atom. The lowest BCUT2D eigenvalue weighted by Gasteiger charge is -2.13. The highest BCUT2D eigenvalue weighted by atomic mass is 32.2. The summed E-state index contributed by atoms with van der Waals surface area (Å²) in [5, 5.41) is 0. The van der Waals surface area contributed by atoms with Gasteiger partial charge >= 0.3 is 10.3 Å². The van der Waals surface area contributed by atoms with Gasteiger partial charge in [-0.05, 0) is 25.5 Å². The Kier molecular flexibility index (Phi) is 3.36. The number of nitrogens with zero attached hydrogens (tertiary/aromatic N) is 1. The fourth-order valence-electron chi connectivity index (χ4n) is 1.08. The summed E-state index contributed by atoms with van der Waals surface area (Å²) < 4.78 is 28.9. The van der Waals surface area contributed by atoms with Crippen LogP contribution in [-0.2, 0) is 10.3 Å². The molecule has 1 aromatic carbocycles. The molecule has 0 aliphatic heterocycles. The molecule has 4 nitrogen and oxygen atoms in total. The first kappa shape index (κ1) is 12.0. The van der Waals surface area contributed by atoms with Crippen molar-refractivity contribution in [2.45, 2.75) is 13.8 Å². The van der Waals surface area contributed by atoms with Crippen molar-refractivity contribution in [1.82, 2.24) is 4.31 Å². The molecular formula is C10H15NO3S. The van der Waals surface area contributed by atoms with Crippen LogP contribution in [0.25, 0.3) is 0 Å². The van der Waals surface area contributed by atoms with Gasteiger partial charge in [-0.25, -0.2) is 0 Å². The molecule has 0 bridgehead atoms. The number of aryl methyl sites for hydroxylation is 2. The molecule has 0 amide bonds. The van der Waals surface area contributed by atoms with Gasteiger partial charge < -0.3 is 4.18 Å². The van der Waals surface area contributed by atoms with Gasteiger partial charge in [0, 0.05) is 14.1 Å². The zero-order chi connectivity index (χ0) is 11.6. The molecule has 0 saturated carbocycles. The Morgan fingerprint density at radius 3 is 2.27 bits per heavy atom. The molecular weight excluding hydrogens is 214 g/mol. The minimum Gasteiger partial charge on any atom is -0.370 e. The second kappa shape index (κ2) is 4.20. The van der Waals surface area contributed by atoms with E-state index in [9.17, 15) is 8.42 Å². The van der Waals surface area contributed by atoms with E-state index in [1.807, 2.05) is 26.0 Å². The molecule has 0 fully saturated rings. The predicted molar refractivity (Wildman–Crippen MR) is 59.2 cm³/mol. The van der Waals surface area contributed by atoms with E-state index in [-0.39, 0.29) is 0 Å². The van der Waals surface area contributed by atoms with Crippen LogP contribution in [0.3, 0.4) is 0 Å². The zero-order valence-corrected chi connectivity index (χ0v) is 10.1. The summed E-state index contributed by atoms with van der Waals surface area (Å²) in [6.45, 7) is 3.75. The quantitative estimate of drug-likeness (QED) is 0.789. The standard InChI is InChI=1S/C10H15NO3S/c1-8-5-6-10(9(2)7-8)14-15(12,13)11(3)4/h5-7H,1-4H3. The van der Waals surface area contributed by atoms with Crippen LogP contribution >= 0.6 is 0 Å². The van der Waals surface area contributed by atoms with Crippen LogP contribution in [0.5, 0.6) is 5.75 Å². The Hall–Kier alpha value is -1.07. The second-order valence-electron chi connectivity index (χ2n) is 3.59. The molecule has 0 unspecified atom stereocenters. The molecule has 0 radical (unpaired) electrons. The van der Waals surface area contributed by atoms with Crippen molar-refractivity contribution in [2.75, 3.05) is 14.1 Å². The lowest BCUT2D eigenvalue weighted by molar-refractivity contribution is 0.420. The maximum absolute atomic E-state index is 11.4. The number of benzene rings is 1. The van der Waals surface area contributed by atoms with Crippen molar-refractivity contribution in [3.63, 3.8) is 0 Å². The first-order valence-corrected chi connectivity index (χ1v) is 5.88. The highest BCUT2D eigenvalue weighted by Gasteiger charge is 2.16. The fraction of sp³-hybridized carbons (Fsp3) is 0.400. The normalized spacial score (nSPS) is 11.8. The number of hydrogen-bond acceptors (Lipinski definition) is 3. The maximum Gasteiger partial charge on any atom is 0.384 e. The fourth-order valence-corrected chi connectivity index (χ4v) is 1.64. The molecule has 0 aliphatic carbocycles. The maximum atomic E-state index is 11.4. The average molecular weight is 229 g/mol. The smallest absolute Gasteiger partial charge is 0.370 e.